The van der Waals surface area contributed by atoms with Crippen LogP contribution in [-0.4, -0.2) is 56.0 Å². The summed E-state index contributed by atoms with van der Waals surface area (Å²) in [7, 11) is 3.47. The Morgan fingerprint density at radius 1 is 1.11 bits per heavy atom. The van der Waals surface area contributed by atoms with Crippen molar-refractivity contribution in [2.45, 2.75) is 0 Å². The average Bonchev–Trinajstić information content (AvgIpc) is 2.67. The molecule has 0 aromatic heterocycles. The predicted molar refractivity (Wildman–Crippen MR) is 107 cm³/mol. The number of hydrogen-bond donors (Lipinski definition) is 0. The Hall–Kier alpha value is -2.80. The number of nitrogens with zero attached hydrogens (tertiary/aromatic N) is 4. The quantitative estimate of drug-likeness (QED) is 0.593. The normalized spacial score (nSPS) is 14.2. The lowest BCUT2D eigenvalue weighted by atomic mass is 10.1. The number of para-hydroxylation sites is 1. The van der Waals surface area contributed by atoms with Crippen LogP contribution in [0, 0.1) is 10.1 Å². The highest BCUT2D eigenvalue weighted by Crippen LogP contribution is 2.29. The summed E-state index contributed by atoms with van der Waals surface area (Å²) >= 11 is 6.25. The fraction of sp³-hybridized carbons (Fsp3) is 0.316. The van der Waals surface area contributed by atoms with Gasteiger partial charge in [0.25, 0.3) is 11.6 Å². The molecule has 1 aliphatic heterocycles. The molecule has 0 bridgehead atoms. The summed E-state index contributed by atoms with van der Waals surface area (Å²) < 4.78 is 0. The lowest BCUT2D eigenvalue weighted by molar-refractivity contribution is -0.384. The van der Waals surface area contributed by atoms with Gasteiger partial charge >= 0.3 is 0 Å². The maximum Gasteiger partial charge on any atom is 0.293 e. The van der Waals surface area contributed by atoms with Crippen LogP contribution in [0.5, 0.6) is 0 Å². The van der Waals surface area contributed by atoms with Gasteiger partial charge in [0, 0.05) is 51.9 Å². The van der Waals surface area contributed by atoms with Crippen molar-refractivity contribution in [1.29, 1.82) is 0 Å². The molecule has 0 N–H and O–H groups in total. The highest BCUT2D eigenvalue weighted by Gasteiger charge is 2.25. The van der Waals surface area contributed by atoms with E-state index in [0.29, 0.717) is 42.5 Å². The topological polar surface area (TPSA) is 69.9 Å². The molecule has 0 aliphatic carbocycles. The summed E-state index contributed by atoms with van der Waals surface area (Å²) in [6.07, 6.45) is 0. The van der Waals surface area contributed by atoms with E-state index in [1.54, 1.807) is 36.0 Å². The highest BCUT2D eigenvalue weighted by atomic mass is 35.5. The van der Waals surface area contributed by atoms with Crippen molar-refractivity contribution in [2.24, 2.45) is 0 Å². The number of carbonyl (C=O) groups excluding carboxylic acids is 1. The molecule has 0 saturated carbocycles. The molecule has 142 valence electrons. The van der Waals surface area contributed by atoms with Crippen molar-refractivity contribution in [3.8, 4) is 0 Å². The van der Waals surface area contributed by atoms with Gasteiger partial charge < -0.3 is 14.7 Å². The molecular formula is C19H21ClN4O3. The lowest BCUT2D eigenvalue weighted by Gasteiger charge is -2.36. The summed E-state index contributed by atoms with van der Waals surface area (Å²) in [6.45, 7) is 2.39. The number of benzene rings is 2. The molecule has 8 heteroatoms. The summed E-state index contributed by atoms with van der Waals surface area (Å²) in [5, 5.41) is 12.0. The molecule has 1 heterocycles. The maximum absolute atomic E-state index is 12.8. The second kappa shape index (κ2) is 7.84. The molecule has 0 unspecified atom stereocenters. The SMILES string of the molecule is CN(C)c1ccc(C(=O)N2CCN(c3ccccc3Cl)CC2)cc1[N+](=O)[O-]. The van der Waals surface area contributed by atoms with E-state index in [-0.39, 0.29) is 11.6 Å². The fourth-order valence-corrected chi connectivity index (χ4v) is 3.48. The van der Waals surface area contributed by atoms with Gasteiger partial charge in [0.2, 0.25) is 0 Å². The lowest BCUT2D eigenvalue weighted by Crippen LogP contribution is -2.48. The molecule has 3 rings (SSSR count). The molecule has 1 saturated heterocycles. The second-order valence-electron chi connectivity index (χ2n) is 6.59. The van der Waals surface area contributed by atoms with Crippen LogP contribution in [-0.2, 0) is 0 Å². The van der Waals surface area contributed by atoms with Crippen molar-refractivity contribution in [3.63, 3.8) is 0 Å². The summed E-state index contributed by atoms with van der Waals surface area (Å²) in [4.78, 5) is 29.2. The van der Waals surface area contributed by atoms with Crippen LogP contribution in [0.2, 0.25) is 5.02 Å². The molecule has 0 spiro atoms. The number of carbonyl (C=O) groups is 1. The number of piperazine rings is 1. The van der Waals surface area contributed by atoms with E-state index in [9.17, 15) is 14.9 Å². The maximum atomic E-state index is 12.8. The molecule has 0 atom stereocenters. The van der Waals surface area contributed by atoms with E-state index in [1.807, 2.05) is 24.3 Å². The molecule has 2 aromatic rings. The molecule has 2 aromatic carbocycles. The van der Waals surface area contributed by atoms with Crippen LogP contribution in [0.25, 0.3) is 0 Å². The van der Waals surface area contributed by atoms with E-state index in [1.165, 1.54) is 6.07 Å². The van der Waals surface area contributed by atoms with E-state index in [2.05, 4.69) is 4.90 Å². The van der Waals surface area contributed by atoms with Gasteiger partial charge in [-0.3, -0.25) is 14.9 Å². The molecule has 1 aliphatic rings. The van der Waals surface area contributed by atoms with Crippen molar-refractivity contribution >= 4 is 34.6 Å². The van der Waals surface area contributed by atoms with Gasteiger partial charge in [-0.05, 0) is 24.3 Å². The van der Waals surface area contributed by atoms with Gasteiger partial charge in [0.15, 0.2) is 0 Å². The van der Waals surface area contributed by atoms with Gasteiger partial charge in [-0.1, -0.05) is 23.7 Å². The van der Waals surface area contributed by atoms with Crippen molar-refractivity contribution in [3.05, 3.63) is 63.2 Å². The molecule has 1 amide bonds. The Morgan fingerprint density at radius 2 is 1.78 bits per heavy atom. The molecule has 0 radical (unpaired) electrons. The number of amides is 1. The number of anilines is 2. The molecule has 7 nitrogen and oxygen atoms in total. The third-order valence-corrected chi connectivity index (χ3v) is 4.98. The summed E-state index contributed by atoms with van der Waals surface area (Å²) in [6, 6.07) is 12.2. The number of halogens is 1. The molecular weight excluding hydrogens is 368 g/mol. The van der Waals surface area contributed by atoms with Crippen LogP contribution in [0.15, 0.2) is 42.5 Å². The van der Waals surface area contributed by atoms with E-state index < -0.39 is 4.92 Å². The van der Waals surface area contributed by atoms with Crippen LogP contribution in [0.1, 0.15) is 10.4 Å². The minimum Gasteiger partial charge on any atom is -0.372 e. The standard InChI is InChI=1S/C19H21ClN4O3/c1-21(2)17-8-7-14(13-18(17)24(26)27)19(25)23-11-9-22(10-12-23)16-6-4-3-5-15(16)20/h3-8,13H,9-12H2,1-2H3. The van der Waals surface area contributed by atoms with Crippen LogP contribution < -0.4 is 9.80 Å². The predicted octanol–water partition coefficient (Wildman–Crippen LogP) is 3.28. The first-order chi connectivity index (χ1) is 12.9. The fourth-order valence-electron chi connectivity index (χ4n) is 3.22. The van der Waals surface area contributed by atoms with Crippen LogP contribution in [0.3, 0.4) is 0 Å². The Morgan fingerprint density at radius 3 is 2.37 bits per heavy atom. The number of nitro groups is 1. The van der Waals surface area contributed by atoms with Crippen LogP contribution in [0.4, 0.5) is 17.1 Å². The zero-order valence-corrected chi connectivity index (χ0v) is 16.0. The van der Waals surface area contributed by atoms with Gasteiger partial charge in [-0.25, -0.2) is 0 Å². The number of nitro benzene ring substituents is 1. The monoisotopic (exact) mass is 388 g/mol. The van der Waals surface area contributed by atoms with Gasteiger partial charge in [-0.2, -0.15) is 0 Å². The Bertz CT molecular complexity index is 864. The van der Waals surface area contributed by atoms with Crippen molar-refractivity contribution < 1.29 is 9.72 Å². The summed E-state index contributed by atoms with van der Waals surface area (Å²) in [5.74, 6) is -0.192. The third-order valence-electron chi connectivity index (χ3n) is 4.66. The minimum absolute atomic E-state index is 0.0689. The van der Waals surface area contributed by atoms with E-state index >= 15 is 0 Å². The first-order valence-corrected chi connectivity index (χ1v) is 9.01. The molecule has 27 heavy (non-hydrogen) atoms. The zero-order valence-electron chi connectivity index (χ0n) is 15.3. The highest BCUT2D eigenvalue weighted by molar-refractivity contribution is 6.33. The molecule has 1 fully saturated rings. The van der Waals surface area contributed by atoms with E-state index in [0.717, 1.165) is 5.69 Å². The van der Waals surface area contributed by atoms with Gasteiger partial charge in [-0.15, -0.1) is 0 Å². The summed E-state index contributed by atoms with van der Waals surface area (Å²) in [5.41, 5.74) is 1.69. The average molecular weight is 389 g/mol. The van der Waals surface area contributed by atoms with Gasteiger partial charge in [0.05, 0.1) is 15.6 Å². The van der Waals surface area contributed by atoms with Crippen molar-refractivity contribution in [2.75, 3.05) is 50.1 Å². The minimum atomic E-state index is -0.457. The second-order valence-corrected chi connectivity index (χ2v) is 6.99. The number of rotatable bonds is 4. The first kappa shape index (κ1) is 19.0. The smallest absolute Gasteiger partial charge is 0.293 e. The largest absolute Gasteiger partial charge is 0.372 e. The first-order valence-electron chi connectivity index (χ1n) is 8.63. The Labute approximate surface area is 162 Å². The third kappa shape index (κ3) is 3.98. The Kier molecular flexibility index (Phi) is 5.51. The van der Waals surface area contributed by atoms with E-state index in [4.69, 9.17) is 11.6 Å². The van der Waals surface area contributed by atoms with Gasteiger partial charge in [0.1, 0.15) is 5.69 Å². The Balaban J connectivity index is 1.73. The number of hydrogen-bond acceptors (Lipinski definition) is 5. The van der Waals surface area contributed by atoms with Crippen molar-refractivity contribution in [1.82, 2.24) is 4.90 Å². The zero-order chi connectivity index (χ0) is 19.6. The van der Waals surface area contributed by atoms with Crippen LogP contribution >= 0.6 is 11.6 Å².